The maximum atomic E-state index is 13.3. The predicted molar refractivity (Wildman–Crippen MR) is 142 cm³/mol. The fraction of sp³-hybridized carbons (Fsp3) is 0.133. The number of fused-ring (bicyclic) bond motifs is 1. The highest BCUT2D eigenvalue weighted by Gasteiger charge is 2.29. The summed E-state index contributed by atoms with van der Waals surface area (Å²) in [7, 11) is -3.78. The SMILES string of the molecule is O=C(COC(=O)c1ccc(S(=O)(=O)N2CCCc3ccccc32)cc1)c1ccc(-c2ccccc2)cc1. The van der Waals surface area contributed by atoms with Gasteiger partial charge in [0.05, 0.1) is 16.1 Å². The molecule has 186 valence electrons. The first-order chi connectivity index (χ1) is 17.9. The normalized spacial score (nSPS) is 13.0. The van der Waals surface area contributed by atoms with Crippen LogP contribution in [0.4, 0.5) is 5.69 Å². The van der Waals surface area contributed by atoms with Crippen LogP contribution in [0.25, 0.3) is 11.1 Å². The van der Waals surface area contributed by atoms with E-state index in [2.05, 4.69) is 0 Å². The number of anilines is 1. The van der Waals surface area contributed by atoms with Gasteiger partial charge in [0.15, 0.2) is 12.4 Å². The molecule has 0 radical (unpaired) electrons. The second kappa shape index (κ2) is 10.4. The summed E-state index contributed by atoms with van der Waals surface area (Å²) in [4.78, 5) is 25.1. The lowest BCUT2D eigenvalue weighted by Gasteiger charge is -2.30. The van der Waals surface area contributed by atoms with E-state index in [-0.39, 0.29) is 16.2 Å². The third-order valence-corrected chi connectivity index (χ3v) is 8.22. The topological polar surface area (TPSA) is 80.8 Å². The highest BCUT2D eigenvalue weighted by atomic mass is 32.2. The van der Waals surface area contributed by atoms with Gasteiger partial charge in [0, 0.05) is 12.1 Å². The zero-order valence-corrected chi connectivity index (χ0v) is 20.9. The summed E-state index contributed by atoms with van der Waals surface area (Å²) in [5.74, 6) is -1.02. The molecule has 6 nitrogen and oxygen atoms in total. The van der Waals surface area contributed by atoms with Crippen LogP contribution < -0.4 is 4.31 Å². The Morgan fingerprint density at radius 3 is 2.08 bits per heavy atom. The number of benzene rings is 4. The molecule has 0 aliphatic carbocycles. The van der Waals surface area contributed by atoms with Gasteiger partial charge in [-0.05, 0) is 59.9 Å². The van der Waals surface area contributed by atoms with Gasteiger partial charge in [-0.3, -0.25) is 9.10 Å². The molecule has 1 aliphatic heterocycles. The van der Waals surface area contributed by atoms with E-state index in [0.717, 1.165) is 29.5 Å². The summed E-state index contributed by atoms with van der Waals surface area (Å²) >= 11 is 0. The van der Waals surface area contributed by atoms with Crippen molar-refractivity contribution in [1.82, 2.24) is 0 Å². The van der Waals surface area contributed by atoms with Crippen molar-refractivity contribution in [2.45, 2.75) is 17.7 Å². The van der Waals surface area contributed by atoms with Crippen LogP contribution in [0.3, 0.4) is 0 Å². The standard InChI is InChI=1S/C30H25NO5S/c32-29(25-14-12-23(13-15-25)22-7-2-1-3-8-22)21-36-30(33)26-16-18-27(19-17-26)37(34,35)31-20-6-10-24-9-4-5-11-28(24)31/h1-5,7-9,11-19H,6,10,20-21H2. The van der Waals surface area contributed by atoms with Gasteiger partial charge in [-0.25, -0.2) is 13.2 Å². The lowest BCUT2D eigenvalue weighted by molar-refractivity contribution is 0.0474. The van der Waals surface area contributed by atoms with E-state index >= 15 is 0 Å². The molecule has 7 heteroatoms. The van der Waals surface area contributed by atoms with Gasteiger partial charge in [0.2, 0.25) is 0 Å². The lowest BCUT2D eigenvalue weighted by atomic mass is 10.0. The van der Waals surface area contributed by atoms with Crippen molar-refractivity contribution in [2.24, 2.45) is 0 Å². The van der Waals surface area contributed by atoms with Gasteiger partial charge in [-0.2, -0.15) is 0 Å². The zero-order chi connectivity index (χ0) is 25.8. The van der Waals surface area contributed by atoms with Crippen molar-refractivity contribution < 1.29 is 22.7 Å². The van der Waals surface area contributed by atoms with Crippen molar-refractivity contribution in [3.05, 3.63) is 120 Å². The Hall–Kier alpha value is -4.23. The molecule has 4 aromatic rings. The number of ketones is 1. The van der Waals surface area contributed by atoms with Gasteiger partial charge < -0.3 is 4.74 Å². The Kier molecular flexibility index (Phi) is 6.88. The van der Waals surface area contributed by atoms with Crippen molar-refractivity contribution in [1.29, 1.82) is 0 Å². The second-order valence-electron chi connectivity index (χ2n) is 8.78. The fourth-order valence-electron chi connectivity index (χ4n) is 4.42. The maximum Gasteiger partial charge on any atom is 0.338 e. The number of carbonyl (C=O) groups excluding carboxylic acids is 2. The first-order valence-electron chi connectivity index (χ1n) is 12.0. The van der Waals surface area contributed by atoms with Crippen LogP contribution in [-0.2, 0) is 21.2 Å². The Bertz CT molecular complexity index is 1530. The molecule has 5 rings (SSSR count). The van der Waals surface area contributed by atoms with Gasteiger partial charge >= 0.3 is 5.97 Å². The summed E-state index contributed by atoms with van der Waals surface area (Å²) in [5, 5.41) is 0. The Labute approximate surface area is 216 Å². The number of aryl methyl sites for hydroxylation is 1. The number of sulfonamides is 1. The van der Waals surface area contributed by atoms with Crippen molar-refractivity contribution >= 4 is 27.5 Å². The molecule has 0 bridgehead atoms. The van der Waals surface area contributed by atoms with E-state index in [9.17, 15) is 18.0 Å². The fourth-order valence-corrected chi connectivity index (χ4v) is 5.96. The zero-order valence-electron chi connectivity index (χ0n) is 20.0. The average molecular weight is 512 g/mol. The molecule has 0 N–H and O–H groups in total. The van der Waals surface area contributed by atoms with Crippen molar-refractivity contribution in [3.8, 4) is 11.1 Å². The van der Waals surface area contributed by atoms with Crippen molar-refractivity contribution in [2.75, 3.05) is 17.5 Å². The number of ether oxygens (including phenoxy) is 1. The maximum absolute atomic E-state index is 13.3. The first kappa shape index (κ1) is 24.5. The van der Waals surface area contributed by atoms with Crippen LogP contribution in [0, 0.1) is 0 Å². The molecule has 0 saturated carbocycles. The summed E-state index contributed by atoms with van der Waals surface area (Å²) in [5.41, 5.74) is 4.32. The van der Waals surface area contributed by atoms with Crippen LogP contribution in [0.2, 0.25) is 0 Å². The number of carbonyl (C=O) groups is 2. The molecule has 4 aromatic carbocycles. The number of hydrogen-bond donors (Lipinski definition) is 0. The molecule has 1 heterocycles. The van der Waals surface area contributed by atoms with Crippen LogP contribution in [-0.4, -0.2) is 33.3 Å². The second-order valence-corrected chi connectivity index (χ2v) is 10.6. The largest absolute Gasteiger partial charge is 0.454 e. The molecule has 37 heavy (non-hydrogen) atoms. The van der Waals surface area contributed by atoms with Gasteiger partial charge in [0.1, 0.15) is 0 Å². The number of nitrogens with zero attached hydrogens (tertiary/aromatic N) is 1. The van der Waals surface area contributed by atoms with Crippen LogP contribution >= 0.6 is 0 Å². The van der Waals surface area contributed by atoms with Crippen LogP contribution in [0.15, 0.2) is 108 Å². The summed E-state index contributed by atoms with van der Waals surface area (Å²) in [6, 6.07) is 30.0. The molecule has 0 amide bonds. The van der Waals surface area contributed by atoms with Crippen LogP contribution in [0.5, 0.6) is 0 Å². The monoisotopic (exact) mass is 511 g/mol. The minimum atomic E-state index is -3.78. The lowest BCUT2D eigenvalue weighted by Crippen LogP contribution is -2.35. The highest BCUT2D eigenvalue weighted by molar-refractivity contribution is 7.92. The van der Waals surface area contributed by atoms with E-state index in [1.165, 1.54) is 28.6 Å². The number of esters is 1. The van der Waals surface area contributed by atoms with E-state index in [1.54, 1.807) is 12.1 Å². The van der Waals surface area contributed by atoms with Crippen LogP contribution in [0.1, 0.15) is 32.7 Å². The minimum absolute atomic E-state index is 0.0929. The summed E-state index contributed by atoms with van der Waals surface area (Å²) in [6.07, 6.45) is 1.58. The Morgan fingerprint density at radius 1 is 0.730 bits per heavy atom. The molecule has 0 spiro atoms. The molecule has 0 aromatic heterocycles. The van der Waals surface area contributed by atoms with E-state index in [0.29, 0.717) is 17.8 Å². The van der Waals surface area contributed by atoms with E-state index < -0.39 is 22.6 Å². The molecule has 0 fully saturated rings. The number of Topliss-reactive ketones (excluding diaryl/α,β-unsaturated/α-hetero) is 1. The first-order valence-corrected chi connectivity index (χ1v) is 13.4. The van der Waals surface area contributed by atoms with E-state index in [1.807, 2.05) is 66.7 Å². The van der Waals surface area contributed by atoms with Gasteiger partial charge in [0.25, 0.3) is 10.0 Å². The highest BCUT2D eigenvalue weighted by Crippen LogP contribution is 2.31. The third-order valence-electron chi connectivity index (χ3n) is 6.39. The number of hydrogen-bond acceptors (Lipinski definition) is 5. The average Bonchev–Trinajstić information content (AvgIpc) is 2.96. The smallest absolute Gasteiger partial charge is 0.338 e. The third kappa shape index (κ3) is 5.17. The number of para-hydroxylation sites is 1. The minimum Gasteiger partial charge on any atom is -0.454 e. The van der Waals surface area contributed by atoms with Crippen molar-refractivity contribution in [3.63, 3.8) is 0 Å². The molecular weight excluding hydrogens is 486 g/mol. The Morgan fingerprint density at radius 2 is 1.35 bits per heavy atom. The molecule has 0 atom stereocenters. The summed E-state index contributed by atoms with van der Waals surface area (Å²) in [6.45, 7) is -0.00823. The predicted octanol–water partition coefficient (Wildman–Crippen LogP) is 5.53. The molecule has 0 unspecified atom stereocenters. The van der Waals surface area contributed by atoms with Gasteiger partial charge in [-0.1, -0.05) is 72.8 Å². The summed E-state index contributed by atoms with van der Waals surface area (Å²) < 4.78 is 33.2. The van der Waals surface area contributed by atoms with E-state index in [4.69, 9.17) is 4.74 Å². The van der Waals surface area contributed by atoms with Gasteiger partial charge in [-0.15, -0.1) is 0 Å². The quantitative estimate of drug-likeness (QED) is 0.241. The molecule has 1 aliphatic rings. The number of rotatable bonds is 7. The Balaban J connectivity index is 1.22. The molecular formula is C30H25NO5S. The molecule has 0 saturated heterocycles.